The van der Waals surface area contributed by atoms with Gasteiger partial charge in [-0.1, -0.05) is 19.8 Å². The Labute approximate surface area is 178 Å². The van der Waals surface area contributed by atoms with Crippen molar-refractivity contribution in [3.63, 3.8) is 0 Å². The summed E-state index contributed by atoms with van der Waals surface area (Å²) in [5, 5.41) is 0.442. The molecule has 0 amide bonds. The van der Waals surface area contributed by atoms with Gasteiger partial charge in [-0.3, -0.25) is 9.36 Å². The summed E-state index contributed by atoms with van der Waals surface area (Å²) in [7, 11) is 0. The van der Waals surface area contributed by atoms with Crippen molar-refractivity contribution in [1.82, 2.24) is 9.55 Å². The molecule has 3 aromatic rings. The molecule has 30 heavy (non-hydrogen) atoms. The van der Waals surface area contributed by atoms with E-state index in [1.807, 2.05) is 6.92 Å². The van der Waals surface area contributed by atoms with E-state index in [2.05, 4.69) is 11.9 Å². The minimum Gasteiger partial charge on any atom is -0.462 e. The van der Waals surface area contributed by atoms with Crippen molar-refractivity contribution in [2.24, 2.45) is 0 Å². The molecule has 0 N–H and O–H groups in total. The van der Waals surface area contributed by atoms with E-state index in [-0.39, 0.29) is 5.56 Å². The minimum atomic E-state index is -0.562. The monoisotopic (exact) mass is 428 g/mol. The van der Waals surface area contributed by atoms with Gasteiger partial charge in [-0.2, -0.15) is 0 Å². The molecule has 0 saturated heterocycles. The first kappa shape index (κ1) is 21.7. The Morgan fingerprint density at radius 1 is 1.10 bits per heavy atom. The normalized spacial score (nSPS) is 10.9. The third-order valence-corrected chi connectivity index (χ3v) is 5.90. The highest BCUT2D eigenvalue weighted by molar-refractivity contribution is 7.20. The molecule has 2 heterocycles. The summed E-state index contributed by atoms with van der Waals surface area (Å²) in [5.41, 5.74) is 0.790. The highest BCUT2D eigenvalue weighted by Gasteiger charge is 2.21. The minimum absolute atomic E-state index is 0.169. The van der Waals surface area contributed by atoms with Crippen LogP contribution < -0.4 is 10.3 Å². The van der Waals surface area contributed by atoms with Gasteiger partial charge in [-0.15, -0.1) is 11.3 Å². The summed E-state index contributed by atoms with van der Waals surface area (Å²) < 4.78 is 12.2. The molecule has 0 radical (unpaired) electrons. The number of hydrogen-bond acceptors (Lipinski definition) is 7. The van der Waals surface area contributed by atoms with E-state index < -0.39 is 11.9 Å². The predicted molar refractivity (Wildman–Crippen MR) is 115 cm³/mol. The molecule has 7 nitrogen and oxygen atoms in total. The maximum absolute atomic E-state index is 12.7. The number of carbonyl (C=O) groups is 2. The first-order chi connectivity index (χ1) is 14.5. The van der Waals surface area contributed by atoms with Gasteiger partial charge in [0.15, 0.2) is 0 Å². The number of unbranched alkanes of at least 4 members (excludes halogenated alkanes) is 2. The van der Waals surface area contributed by atoms with Gasteiger partial charge in [0.25, 0.3) is 5.56 Å². The lowest BCUT2D eigenvalue weighted by molar-refractivity contribution is 0.0498. The van der Waals surface area contributed by atoms with Crippen LogP contribution in [0, 0.1) is 6.92 Å². The topological polar surface area (TPSA) is 87.5 Å². The van der Waals surface area contributed by atoms with Crippen molar-refractivity contribution in [2.75, 3.05) is 6.61 Å². The molecule has 0 spiro atoms. The third-order valence-electron chi connectivity index (χ3n) is 4.72. The number of hydrogen-bond donors (Lipinski definition) is 0. The van der Waals surface area contributed by atoms with Crippen molar-refractivity contribution in [3.8, 4) is 5.75 Å². The Bertz CT molecular complexity index is 1110. The van der Waals surface area contributed by atoms with E-state index in [0.29, 0.717) is 45.1 Å². The second kappa shape index (κ2) is 9.67. The van der Waals surface area contributed by atoms with E-state index in [4.69, 9.17) is 9.47 Å². The maximum atomic E-state index is 12.7. The van der Waals surface area contributed by atoms with Crippen LogP contribution in [0.1, 0.15) is 58.7 Å². The van der Waals surface area contributed by atoms with Gasteiger partial charge >= 0.3 is 11.9 Å². The molecule has 8 heteroatoms. The van der Waals surface area contributed by atoms with Crippen molar-refractivity contribution in [1.29, 1.82) is 0 Å². The molecule has 0 saturated carbocycles. The average molecular weight is 429 g/mol. The zero-order chi connectivity index (χ0) is 21.7. The molecular formula is C22H24N2O5S. The number of nitrogens with zero attached hydrogens (tertiary/aromatic N) is 2. The number of benzene rings is 1. The number of aromatic nitrogens is 2. The van der Waals surface area contributed by atoms with Gasteiger partial charge in [0, 0.05) is 6.54 Å². The molecule has 0 unspecified atom stereocenters. The molecule has 0 aliphatic carbocycles. The van der Waals surface area contributed by atoms with Crippen LogP contribution in [-0.2, 0) is 11.3 Å². The van der Waals surface area contributed by atoms with E-state index in [1.54, 1.807) is 31.2 Å². The molecule has 1 aromatic carbocycles. The number of fused-ring (bicyclic) bond motifs is 1. The quantitative estimate of drug-likeness (QED) is 0.301. The summed E-state index contributed by atoms with van der Waals surface area (Å²) in [6.07, 6.45) is 4.39. The number of rotatable bonds is 8. The largest absolute Gasteiger partial charge is 0.462 e. The molecule has 0 atom stereocenters. The highest BCUT2D eigenvalue weighted by Crippen LogP contribution is 2.28. The Kier molecular flexibility index (Phi) is 6.99. The van der Waals surface area contributed by atoms with Crippen molar-refractivity contribution in [3.05, 3.63) is 57.0 Å². The molecule has 0 fully saturated rings. The summed E-state index contributed by atoms with van der Waals surface area (Å²) in [5.74, 6) is -0.659. The summed E-state index contributed by atoms with van der Waals surface area (Å²) in [6.45, 7) is 6.55. The van der Waals surface area contributed by atoms with Crippen LogP contribution in [0.5, 0.6) is 5.75 Å². The van der Waals surface area contributed by atoms with Gasteiger partial charge in [0.1, 0.15) is 15.5 Å². The standard InChI is InChI=1S/C22H24N2O5S/c1-4-6-7-12-28-21(26)15-8-10-16(11-9-15)29-22(27)18-14(3)17-19(30-18)23-13-24(5-2)20(17)25/h8-11,13H,4-7,12H2,1-3H3. The van der Waals surface area contributed by atoms with E-state index >= 15 is 0 Å². The number of aryl methyl sites for hydroxylation is 2. The zero-order valence-corrected chi connectivity index (χ0v) is 18.1. The van der Waals surface area contributed by atoms with Crippen molar-refractivity contribution < 1.29 is 19.1 Å². The lowest BCUT2D eigenvalue weighted by atomic mass is 10.2. The fourth-order valence-electron chi connectivity index (χ4n) is 2.99. The van der Waals surface area contributed by atoms with Crippen LogP contribution in [0.2, 0.25) is 0 Å². The maximum Gasteiger partial charge on any atom is 0.354 e. The fourth-order valence-corrected chi connectivity index (χ4v) is 4.01. The Hall–Kier alpha value is -3.00. The van der Waals surface area contributed by atoms with Gasteiger partial charge in [0.2, 0.25) is 0 Å². The highest BCUT2D eigenvalue weighted by atomic mass is 32.1. The lowest BCUT2D eigenvalue weighted by Gasteiger charge is -2.06. The molecule has 0 bridgehead atoms. The summed E-state index contributed by atoms with van der Waals surface area (Å²) in [6, 6.07) is 6.21. The number of thiophene rings is 1. The van der Waals surface area contributed by atoms with Gasteiger partial charge < -0.3 is 9.47 Å². The Balaban J connectivity index is 1.72. The van der Waals surface area contributed by atoms with Gasteiger partial charge in [0.05, 0.1) is 23.9 Å². The van der Waals surface area contributed by atoms with Crippen LogP contribution in [-0.4, -0.2) is 28.1 Å². The van der Waals surface area contributed by atoms with E-state index in [0.717, 1.165) is 30.6 Å². The molecule has 2 aromatic heterocycles. The molecule has 0 aliphatic rings. The molecule has 158 valence electrons. The number of ether oxygens (including phenoxy) is 2. The lowest BCUT2D eigenvalue weighted by Crippen LogP contribution is -2.19. The van der Waals surface area contributed by atoms with Crippen molar-refractivity contribution >= 4 is 33.5 Å². The second-order valence-corrected chi connectivity index (χ2v) is 7.83. The zero-order valence-electron chi connectivity index (χ0n) is 17.3. The predicted octanol–water partition coefficient (Wildman–Crippen LogP) is 4.35. The molecule has 0 aliphatic heterocycles. The fraction of sp³-hybridized carbons (Fsp3) is 0.364. The van der Waals surface area contributed by atoms with Crippen LogP contribution in [0.4, 0.5) is 0 Å². The second-order valence-electron chi connectivity index (χ2n) is 6.83. The van der Waals surface area contributed by atoms with Crippen LogP contribution >= 0.6 is 11.3 Å². The number of esters is 2. The van der Waals surface area contributed by atoms with Crippen LogP contribution in [0.15, 0.2) is 35.4 Å². The van der Waals surface area contributed by atoms with Crippen molar-refractivity contribution in [2.45, 2.75) is 46.6 Å². The molecular weight excluding hydrogens is 404 g/mol. The van der Waals surface area contributed by atoms with E-state index in [1.165, 1.54) is 10.9 Å². The summed E-state index contributed by atoms with van der Waals surface area (Å²) in [4.78, 5) is 42.3. The number of carbonyl (C=O) groups excluding carboxylic acids is 2. The SMILES string of the molecule is CCCCCOC(=O)c1ccc(OC(=O)c2sc3ncn(CC)c(=O)c3c2C)cc1. The van der Waals surface area contributed by atoms with Crippen LogP contribution in [0.3, 0.4) is 0 Å². The average Bonchev–Trinajstić information content (AvgIpc) is 3.09. The first-order valence-corrected chi connectivity index (χ1v) is 10.8. The van der Waals surface area contributed by atoms with Crippen LogP contribution in [0.25, 0.3) is 10.2 Å². The Morgan fingerprint density at radius 2 is 1.83 bits per heavy atom. The first-order valence-electron chi connectivity index (χ1n) is 9.94. The summed E-state index contributed by atoms with van der Waals surface area (Å²) >= 11 is 1.13. The van der Waals surface area contributed by atoms with E-state index in [9.17, 15) is 14.4 Å². The Morgan fingerprint density at radius 3 is 2.50 bits per heavy atom. The van der Waals surface area contributed by atoms with Gasteiger partial charge in [-0.25, -0.2) is 14.6 Å². The van der Waals surface area contributed by atoms with Gasteiger partial charge in [-0.05, 0) is 50.1 Å². The smallest absolute Gasteiger partial charge is 0.354 e. The molecule has 3 rings (SSSR count). The third kappa shape index (κ3) is 4.59.